The second kappa shape index (κ2) is 6.87. The molecule has 0 atom stereocenters. The van der Waals surface area contributed by atoms with Crippen LogP contribution in [0, 0.1) is 5.82 Å². The lowest BCUT2D eigenvalue weighted by Gasteiger charge is -2.25. The molecule has 0 fully saturated rings. The monoisotopic (exact) mass is 407 g/mol. The van der Waals surface area contributed by atoms with Crippen LogP contribution < -0.4 is 5.32 Å². The Morgan fingerprint density at radius 1 is 1.26 bits per heavy atom. The Morgan fingerprint density at radius 3 is 2.74 bits per heavy atom. The van der Waals surface area contributed by atoms with E-state index >= 15 is 0 Å². The summed E-state index contributed by atoms with van der Waals surface area (Å²) >= 11 is 1.23. The second-order valence-corrected chi connectivity index (χ2v) is 8.88. The maximum atomic E-state index is 13.1. The highest BCUT2D eigenvalue weighted by Gasteiger charge is 2.30. The third-order valence-corrected chi connectivity index (χ3v) is 6.97. The van der Waals surface area contributed by atoms with Gasteiger partial charge in [0.15, 0.2) is 10.9 Å². The van der Waals surface area contributed by atoms with E-state index in [-0.39, 0.29) is 23.7 Å². The first-order chi connectivity index (χ1) is 12.9. The first-order valence-corrected chi connectivity index (χ1v) is 10.3. The molecule has 0 saturated carbocycles. The molecular formula is C17H14FN3O4S2. The molecule has 1 amide bonds. The van der Waals surface area contributed by atoms with Gasteiger partial charge in [0.25, 0.3) is 5.91 Å². The summed E-state index contributed by atoms with van der Waals surface area (Å²) in [7, 11) is -3.73. The molecule has 0 spiro atoms. The molecule has 7 nitrogen and oxygen atoms in total. The van der Waals surface area contributed by atoms with E-state index in [1.54, 1.807) is 12.1 Å². The molecule has 0 aliphatic carbocycles. The van der Waals surface area contributed by atoms with E-state index < -0.39 is 21.7 Å². The molecule has 3 aromatic rings. The van der Waals surface area contributed by atoms with Gasteiger partial charge in [-0.2, -0.15) is 4.31 Å². The number of fused-ring (bicyclic) bond motifs is 1. The maximum absolute atomic E-state index is 13.1. The number of sulfonamides is 1. The van der Waals surface area contributed by atoms with Crippen LogP contribution in [0.4, 0.5) is 9.52 Å². The van der Waals surface area contributed by atoms with E-state index in [0.717, 1.165) is 22.7 Å². The zero-order chi connectivity index (χ0) is 19.0. The number of furan rings is 1. The van der Waals surface area contributed by atoms with Crippen molar-refractivity contribution in [2.24, 2.45) is 0 Å². The van der Waals surface area contributed by atoms with Crippen LogP contribution >= 0.6 is 11.3 Å². The lowest BCUT2D eigenvalue weighted by atomic mass is 10.2. The van der Waals surface area contributed by atoms with Crippen LogP contribution in [-0.2, 0) is 23.0 Å². The zero-order valence-corrected chi connectivity index (χ0v) is 15.5. The SMILES string of the molecule is O=C(Nc1nc2c(s1)CN(S(=O)(=O)c1ccc(F)cc1)CC2)c1ccco1. The minimum absolute atomic E-state index is 0.0446. The van der Waals surface area contributed by atoms with Gasteiger partial charge in [0.1, 0.15) is 5.82 Å². The molecule has 1 aliphatic heterocycles. The number of thiazole rings is 1. The van der Waals surface area contributed by atoms with Gasteiger partial charge >= 0.3 is 0 Å². The highest BCUT2D eigenvalue weighted by atomic mass is 32.2. The van der Waals surface area contributed by atoms with Crippen LogP contribution in [0.5, 0.6) is 0 Å². The summed E-state index contributed by atoms with van der Waals surface area (Å²) in [6.07, 6.45) is 1.84. The number of hydrogen-bond donors (Lipinski definition) is 1. The Bertz CT molecular complexity index is 1080. The fraction of sp³-hybridized carbons (Fsp3) is 0.176. The molecule has 0 radical (unpaired) electrons. The Balaban J connectivity index is 1.52. The van der Waals surface area contributed by atoms with Crippen LogP contribution in [0.3, 0.4) is 0 Å². The van der Waals surface area contributed by atoms with Gasteiger partial charge in [0.05, 0.1) is 23.4 Å². The predicted octanol–water partition coefficient (Wildman–Crippen LogP) is 2.87. The number of aromatic nitrogens is 1. The van der Waals surface area contributed by atoms with Crippen LogP contribution in [0.1, 0.15) is 21.1 Å². The standard InChI is InChI=1S/C17H14FN3O4S2/c18-11-3-5-12(6-4-11)27(23,24)21-8-7-13-15(10-21)26-17(19-13)20-16(22)14-2-1-9-25-14/h1-6,9H,7-8,10H2,(H,19,20,22). The number of hydrogen-bond acceptors (Lipinski definition) is 6. The molecule has 3 heterocycles. The number of carbonyl (C=O) groups is 1. The molecular weight excluding hydrogens is 393 g/mol. The van der Waals surface area contributed by atoms with Gasteiger partial charge in [-0.05, 0) is 36.4 Å². The van der Waals surface area contributed by atoms with Crippen LogP contribution in [0.15, 0.2) is 52.0 Å². The van der Waals surface area contributed by atoms with Crippen molar-refractivity contribution in [3.8, 4) is 0 Å². The summed E-state index contributed by atoms with van der Waals surface area (Å²) in [5, 5.41) is 3.05. The van der Waals surface area contributed by atoms with E-state index in [0.29, 0.717) is 11.6 Å². The van der Waals surface area contributed by atoms with E-state index in [4.69, 9.17) is 4.42 Å². The number of halogens is 1. The van der Waals surface area contributed by atoms with Gasteiger partial charge in [0, 0.05) is 17.8 Å². The van der Waals surface area contributed by atoms with Crippen molar-refractivity contribution >= 4 is 32.4 Å². The van der Waals surface area contributed by atoms with Crippen molar-refractivity contribution in [3.05, 3.63) is 64.8 Å². The molecule has 10 heteroatoms. The molecule has 0 bridgehead atoms. The third kappa shape index (κ3) is 3.51. The highest BCUT2D eigenvalue weighted by molar-refractivity contribution is 7.89. The third-order valence-electron chi connectivity index (χ3n) is 4.11. The summed E-state index contributed by atoms with van der Waals surface area (Å²) in [4.78, 5) is 17.2. The molecule has 1 aromatic carbocycles. The molecule has 2 aromatic heterocycles. The smallest absolute Gasteiger partial charge is 0.293 e. The zero-order valence-electron chi connectivity index (χ0n) is 13.9. The van der Waals surface area contributed by atoms with Gasteiger partial charge < -0.3 is 4.42 Å². The maximum Gasteiger partial charge on any atom is 0.293 e. The number of rotatable bonds is 4. The summed E-state index contributed by atoms with van der Waals surface area (Å²) in [5.74, 6) is -0.736. The number of anilines is 1. The van der Waals surface area contributed by atoms with E-state index in [1.165, 1.54) is 34.0 Å². The summed E-state index contributed by atoms with van der Waals surface area (Å²) in [6.45, 7) is 0.422. The molecule has 140 valence electrons. The normalized spacial score (nSPS) is 14.7. The summed E-state index contributed by atoms with van der Waals surface area (Å²) < 4.78 is 44.9. The van der Waals surface area contributed by atoms with E-state index in [9.17, 15) is 17.6 Å². The molecule has 4 rings (SSSR count). The van der Waals surface area contributed by atoms with Gasteiger partial charge in [-0.15, -0.1) is 11.3 Å². The van der Waals surface area contributed by atoms with Crippen molar-refractivity contribution in [3.63, 3.8) is 0 Å². The van der Waals surface area contributed by atoms with Crippen molar-refractivity contribution in [1.82, 2.24) is 9.29 Å². The Kier molecular flexibility index (Phi) is 4.54. The van der Waals surface area contributed by atoms with Gasteiger partial charge in [0.2, 0.25) is 10.0 Å². The number of amides is 1. The minimum atomic E-state index is -3.73. The fourth-order valence-corrected chi connectivity index (χ4v) is 5.26. The average Bonchev–Trinajstić information content (AvgIpc) is 3.30. The van der Waals surface area contributed by atoms with Crippen LogP contribution in [-0.4, -0.2) is 30.2 Å². The molecule has 0 saturated heterocycles. The highest BCUT2D eigenvalue weighted by Crippen LogP contribution is 2.31. The van der Waals surface area contributed by atoms with Gasteiger partial charge in [-0.3, -0.25) is 10.1 Å². The number of benzene rings is 1. The first kappa shape index (κ1) is 17.8. The topological polar surface area (TPSA) is 92.5 Å². The fourth-order valence-electron chi connectivity index (χ4n) is 2.75. The minimum Gasteiger partial charge on any atom is -0.459 e. The van der Waals surface area contributed by atoms with Crippen LogP contribution in [0.2, 0.25) is 0 Å². The molecule has 27 heavy (non-hydrogen) atoms. The van der Waals surface area contributed by atoms with Crippen molar-refractivity contribution in [1.29, 1.82) is 0 Å². The Morgan fingerprint density at radius 2 is 2.04 bits per heavy atom. The quantitative estimate of drug-likeness (QED) is 0.718. The Hall–Kier alpha value is -2.56. The van der Waals surface area contributed by atoms with Crippen LogP contribution in [0.25, 0.3) is 0 Å². The van der Waals surface area contributed by atoms with Gasteiger partial charge in [-0.25, -0.2) is 17.8 Å². The lowest BCUT2D eigenvalue weighted by Crippen LogP contribution is -2.35. The average molecular weight is 407 g/mol. The number of carbonyl (C=O) groups excluding carboxylic acids is 1. The lowest BCUT2D eigenvalue weighted by molar-refractivity contribution is 0.0996. The van der Waals surface area contributed by atoms with Gasteiger partial charge in [-0.1, -0.05) is 0 Å². The molecule has 0 unspecified atom stereocenters. The largest absolute Gasteiger partial charge is 0.459 e. The summed E-state index contributed by atoms with van der Waals surface area (Å²) in [6, 6.07) is 7.90. The first-order valence-electron chi connectivity index (χ1n) is 8.02. The van der Waals surface area contributed by atoms with Crippen molar-refractivity contribution in [2.75, 3.05) is 11.9 Å². The number of nitrogens with zero attached hydrogens (tertiary/aromatic N) is 2. The van der Waals surface area contributed by atoms with Crippen molar-refractivity contribution < 1.29 is 22.0 Å². The second-order valence-electron chi connectivity index (χ2n) is 5.86. The molecule has 1 aliphatic rings. The summed E-state index contributed by atoms with van der Waals surface area (Å²) in [5.41, 5.74) is 0.764. The predicted molar refractivity (Wildman–Crippen MR) is 96.5 cm³/mol. The Labute approximate surface area is 158 Å². The van der Waals surface area contributed by atoms with E-state index in [2.05, 4.69) is 10.3 Å². The van der Waals surface area contributed by atoms with Crippen molar-refractivity contribution in [2.45, 2.75) is 17.9 Å². The number of nitrogens with one attached hydrogen (secondary N) is 1. The molecule has 1 N–H and O–H groups in total. The van der Waals surface area contributed by atoms with E-state index in [1.807, 2.05) is 0 Å².